The minimum atomic E-state index is -0.612. The van der Waals surface area contributed by atoms with Gasteiger partial charge in [-0.25, -0.2) is 9.48 Å². The van der Waals surface area contributed by atoms with Gasteiger partial charge in [0.05, 0.1) is 39.9 Å². The van der Waals surface area contributed by atoms with E-state index in [0.717, 1.165) is 41.6 Å². The number of amides is 3. The number of anilines is 1. The van der Waals surface area contributed by atoms with Crippen molar-refractivity contribution in [2.45, 2.75) is 83.5 Å². The number of fused-ring (bicyclic) bond motifs is 1. The molecule has 46 heavy (non-hydrogen) atoms. The van der Waals surface area contributed by atoms with Crippen molar-refractivity contribution in [1.29, 1.82) is 0 Å². The van der Waals surface area contributed by atoms with Gasteiger partial charge in [-0.05, 0) is 77.1 Å². The van der Waals surface area contributed by atoms with Crippen molar-refractivity contribution >= 4 is 46.8 Å². The Morgan fingerprint density at radius 3 is 2.57 bits per heavy atom. The monoisotopic (exact) mass is 666 g/mol. The minimum Gasteiger partial charge on any atom is -0.443 e. The fourth-order valence-electron chi connectivity index (χ4n) is 6.99. The number of likely N-dealkylation sites (tertiary alicyclic amines) is 2. The maximum Gasteiger partial charge on any atom is 0.414 e. The van der Waals surface area contributed by atoms with Crippen molar-refractivity contribution < 1.29 is 19.1 Å². The molecule has 6 rings (SSSR count). The van der Waals surface area contributed by atoms with Crippen LogP contribution in [0.4, 0.5) is 10.5 Å². The third kappa shape index (κ3) is 5.97. The van der Waals surface area contributed by atoms with Gasteiger partial charge >= 0.3 is 6.09 Å². The first kappa shape index (κ1) is 32.3. The van der Waals surface area contributed by atoms with E-state index in [-0.39, 0.29) is 30.4 Å². The number of piperidine rings is 1. The molecule has 0 saturated carbocycles. The molecule has 3 unspecified atom stereocenters. The normalized spacial score (nSPS) is 22.7. The third-order valence-corrected chi connectivity index (χ3v) is 10.2. The molecular formula is C34H40Cl2N6O4. The number of benzene rings is 2. The summed E-state index contributed by atoms with van der Waals surface area (Å²) in [5, 5.41) is 9.86. The molecule has 3 atom stereocenters. The van der Waals surface area contributed by atoms with Crippen LogP contribution in [-0.2, 0) is 20.7 Å². The molecular weight excluding hydrogens is 627 g/mol. The van der Waals surface area contributed by atoms with Crippen LogP contribution in [0.5, 0.6) is 0 Å². The van der Waals surface area contributed by atoms with Gasteiger partial charge in [-0.15, -0.1) is 5.10 Å². The van der Waals surface area contributed by atoms with Crippen molar-refractivity contribution in [3.8, 4) is 11.3 Å². The summed E-state index contributed by atoms with van der Waals surface area (Å²) in [6.07, 6.45) is 3.92. The van der Waals surface area contributed by atoms with Crippen LogP contribution in [0.25, 0.3) is 11.3 Å². The number of carbonyl (C=O) groups excluding carboxylic acids is 3. The molecule has 12 heteroatoms. The molecule has 0 bridgehead atoms. The smallest absolute Gasteiger partial charge is 0.414 e. The first-order valence-corrected chi connectivity index (χ1v) is 16.5. The Kier molecular flexibility index (Phi) is 8.34. The summed E-state index contributed by atoms with van der Waals surface area (Å²) in [7, 11) is 1.73. The van der Waals surface area contributed by atoms with E-state index in [1.54, 1.807) is 29.0 Å². The van der Waals surface area contributed by atoms with Gasteiger partial charge in [-0.1, -0.05) is 52.7 Å². The average Bonchev–Trinajstić information content (AvgIpc) is 3.71. The fourth-order valence-corrected chi connectivity index (χ4v) is 7.30. The second kappa shape index (κ2) is 11.9. The molecule has 0 spiro atoms. The number of ether oxygens (including phenoxy) is 1. The highest BCUT2D eigenvalue weighted by atomic mass is 35.5. The molecule has 244 valence electrons. The number of nitrogens with zero attached hydrogens (tertiary/aromatic N) is 6. The molecule has 3 aliphatic heterocycles. The molecule has 0 aliphatic carbocycles. The topological polar surface area (TPSA) is 101 Å². The largest absolute Gasteiger partial charge is 0.443 e. The second-order valence-corrected chi connectivity index (χ2v) is 15.0. The maximum atomic E-state index is 14.4. The number of carbonyl (C=O) groups is 3. The Bertz CT molecular complexity index is 1700. The number of hydrogen-bond donors (Lipinski definition) is 0. The Hall–Kier alpha value is -3.63. The summed E-state index contributed by atoms with van der Waals surface area (Å²) in [6.45, 7) is 10.7. The van der Waals surface area contributed by atoms with E-state index < -0.39 is 23.1 Å². The van der Waals surface area contributed by atoms with Crippen LogP contribution in [0.2, 0.25) is 10.0 Å². The highest BCUT2D eigenvalue weighted by molar-refractivity contribution is 6.42. The molecule has 4 heterocycles. The van der Waals surface area contributed by atoms with E-state index in [2.05, 4.69) is 24.2 Å². The highest BCUT2D eigenvalue weighted by Crippen LogP contribution is 2.43. The van der Waals surface area contributed by atoms with Crippen LogP contribution in [0.3, 0.4) is 0 Å². The van der Waals surface area contributed by atoms with Gasteiger partial charge < -0.3 is 14.5 Å². The zero-order valence-corrected chi connectivity index (χ0v) is 28.6. The standard InChI is InChI=1S/C34H40Cl2N6O4/c1-33(2,3)46-32(45)40-15-13-20-8-7-9-23(30(20)40)27-19-42(38-37-27)22-12-14-34(4,5)41(18-22)31(44)24-17-28(43)39(6)29(24)21-10-11-25(35)26(36)16-21/h7-11,16,19,22,24,29H,12-15,17-18H2,1-6H3. The summed E-state index contributed by atoms with van der Waals surface area (Å²) >= 11 is 12.5. The number of hydrogen-bond acceptors (Lipinski definition) is 6. The lowest BCUT2D eigenvalue weighted by Gasteiger charge is -2.47. The Labute approximate surface area is 279 Å². The Morgan fingerprint density at radius 1 is 1.09 bits per heavy atom. The van der Waals surface area contributed by atoms with Crippen LogP contribution in [-0.4, -0.2) is 74.0 Å². The molecule has 3 aromatic rings. The van der Waals surface area contributed by atoms with Crippen molar-refractivity contribution in [3.05, 3.63) is 63.8 Å². The van der Waals surface area contributed by atoms with E-state index >= 15 is 0 Å². The minimum absolute atomic E-state index is 0.0716. The lowest BCUT2D eigenvalue weighted by atomic mass is 9.84. The fraction of sp³-hybridized carbons (Fsp3) is 0.500. The quantitative estimate of drug-likeness (QED) is 0.307. The zero-order chi connectivity index (χ0) is 33.1. The Balaban J connectivity index is 1.26. The molecule has 2 fully saturated rings. The zero-order valence-electron chi connectivity index (χ0n) is 27.1. The van der Waals surface area contributed by atoms with E-state index in [0.29, 0.717) is 28.8 Å². The van der Waals surface area contributed by atoms with Crippen LogP contribution >= 0.6 is 23.2 Å². The number of rotatable bonds is 4. The second-order valence-electron chi connectivity index (χ2n) is 14.2. The van der Waals surface area contributed by atoms with E-state index in [1.807, 2.05) is 60.8 Å². The lowest BCUT2D eigenvalue weighted by Crippen LogP contribution is -2.55. The van der Waals surface area contributed by atoms with Gasteiger partial charge in [-0.2, -0.15) is 0 Å². The van der Waals surface area contributed by atoms with Gasteiger partial charge in [0.25, 0.3) is 0 Å². The Morgan fingerprint density at radius 2 is 1.85 bits per heavy atom. The predicted octanol–water partition coefficient (Wildman–Crippen LogP) is 6.71. The maximum absolute atomic E-state index is 14.4. The van der Waals surface area contributed by atoms with Gasteiger partial charge in [-0.3, -0.25) is 14.5 Å². The highest BCUT2D eigenvalue weighted by Gasteiger charge is 2.48. The van der Waals surface area contributed by atoms with Crippen molar-refractivity contribution in [2.75, 3.05) is 25.0 Å². The first-order valence-electron chi connectivity index (χ1n) is 15.7. The predicted molar refractivity (Wildman–Crippen MR) is 177 cm³/mol. The van der Waals surface area contributed by atoms with Gasteiger partial charge in [0.15, 0.2) is 0 Å². The number of aromatic nitrogens is 3. The molecule has 3 amide bonds. The summed E-state index contributed by atoms with van der Waals surface area (Å²) < 4.78 is 7.53. The number of para-hydroxylation sites is 1. The van der Waals surface area contributed by atoms with E-state index in [1.165, 1.54) is 0 Å². The van der Waals surface area contributed by atoms with Crippen LogP contribution in [0, 0.1) is 5.92 Å². The van der Waals surface area contributed by atoms with Crippen molar-refractivity contribution in [1.82, 2.24) is 24.8 Å². The molecule has 0 radical (unpaired) electrons. The van der Waals surface area contributed by atoms with Crippen molar-refractivity contribution in [2.24, 2.45) is 5.92 Å². The summed E-state index contributed by atoms with van der Waals surface area (Å²) in [5.74, 6) is -0.722. The summed E-state index contributed by atoms with van der Waals surface area (Å²) in [4.78, 5) is 45.7. The molecule has 2 saturated heterocycles. The summed E-state index contributed by atoms with van der Waals surface area (Å²) in [5.41, 5.74) is 3.07. The van der Waals surface area contributed by atoms with Crippen LogP contribution in [0.1, 0.15) is 77.1 Å². The SMILES string of the molecule is CN1C(=O)CC(C(=O)N2CC(n3cc(-c4cccc5c4N(C(=O)OC(C)(C)C)CC5)nn3)CCC2(C)C)C1c1ccc(Cl)c(Cl)c1. The first-order chi connectivity index (χ1) is 21.6. The van der Waals surface area contributed by atoms with Gasteiger partial charge in [0, 0.05) is 37.7 Å². The lowest BCUT2D eigenvalue weighted by molar-refractivity contribution is -0.145. The molecule has 2 aromatic carbocycles. The molecule has 3 aliphatic rings. The molecule has 0 N–H and O–H groups in total. The third-order valence-electron chi connectivity index (χ3n) is 9.44. The molecule has 1 aromatic heterocycles. The van der Waals surface area contributed by atoms with E-state index in [9.17, 15) is 14.4 Å². The van der Waals surface area contributed by atoms with Crippen LogP contribution < -0.4 is 4.90 Å². The van der Waals surface area contributed by atoms with Gasteiger partial charge in [0.1, 0.15) is 11.3 Å². The summed E-state index contributed by atoms with van der Waals surface area (Å²) in [6, 6.07) is 10.7. The average molecular weight is 668 g/mol. The molecule has 10 nitrogen and oxygen atoms in total. The van der Waals surface area contributed by atoms with Crippen LogP contribution in [0.15, 0.2) is 42.6 Å². The van der Waals surface area contributed by atoms with Crippen molar-refractivity contribution in [3.63, 3.8) is 0 Å². The van der Waals surface area contributed by atoms with Gasteiger partial charge in [0.2, 0.25) is 11.8 Å². The number of halogens is 2. The van der Waals surface area contributed by atoms with E-state index in [4.69, 9.17) is 27.9 Å².